The quantitative estimate of drug-likeness (QED) is 0.768. The summed E-state index contributed by atoms with van der Waals surface area (Å²) in [5.41, 5.74) is 3.83. The highest BCUT2D eigenvalue weighted by Gasteiger charge is 2.19. The highest BCUT2D eigenvalue weighted by molar-refractivity contribution is 6.05. The van der Waals surface area contributed by atoms with Crippen molar-refractivity contribution in [1.82, 2.24) is 9.78 Å². The van der Waals surface area contributed by atoms with Crippen LogP contribution in [0.1, 0.15) is 23.7 Å². The van der Waals surface area contributed by atoms with Crippen LogP contribution in [0.15, 0.2) is 35.3 Å². The first-order valence-corrected chi connectivity index (χ1v) is 5.88. The van der Waals surface area contributed by atoms with Gasteiger partial charge in [-0.1, -0.05) is 29.8 Å². The second kappa shape index (κ2) is 3.91. The number of fused-ring (bicyclic) bond motifs is 1. The average Bonchev–Trinajstić information content (AvgIpc) is 2.74. The molecule has 90 valence electrons. The molecule has 0 spiro atoms. The van der Waals surface area contributed by atoms with Gasteiger partial charge in [0, 0.05) is 17.3 Å². The predicted molar refractivity (Wildman–Crippen MR) is 70.4 cm³/mol. The first-order valence-electron chi connectivity index (χ1n) is 5.88. The minimum atomic E-state index is -0.0177. The van der Waals surface area contributed by atoms with Gasteiger partial charge in [0.2, 0.25) is 0 Å². The van der Waals surface area contributed by atoms with Crippen LogP contribution in [-0.2, 0) is 0 Å². The summed E-state index contributed by atoms with van der Waals surface area (Å²) in [6.45, 7) is 3.90. The number of carbonyl (C=O) groups excluding carboxylic acids is 1. The summed E-state index contributed by atoms with van der Waals surface area (Å²) in [6, 6.07) is 9.93. The summed E-state index contributed by atoms with van der Waals surface area (Å²) in [7, 11) is 0. The van der Waals surface area contributed by atoms with Gasteiger partial charge in [0.1, 0.15) is 0 Å². The topological polar surface area (TPSA) is 47.2 Å². The minimum absolute atomic E-state index is 0.0177. The monoisotopic (exact) mass is 239 g/mol. The molecule has 4 heteroatoms. The molecule has 0 amide bonds. The molecular formula is C14H13N3O. The molecule has 0 saturated heterocycles. The molecular weight excluding hydrogens is 226 g/mol. The molecule has 0 bridgehead atoms. The lowest BCUT2D eigenvalue weighted by atomic mass is 10.1. The molecule has 1 aromatic carbocycles. The first kappa shape index (κ1) is 10.9. The van der Waals surface area contributed by atoms with E-state index in [2.05, 4.69) is 10.1 Å². The van der Waals surface area contributed by atoms with Crippen LogP contribution in [0, 0.1) is 6.92 Å². The Hall–Kier alpha value is -2.23. The van der Waals surface area contributed by atoms with Gasteiger partial charge in [0.25, 0.3) is 5.91 Å². The number of aryl methyl sites for hydroxylation is 1. The Labute approximate surface area is 105 Å². The number of aromatic nitrogens is 2. The molecule has 0 saturated carbocycles. The van der Waals surface area contributed by atoms with Crippen molar-refractivity contribution >= 4 is 17.4 Å². The summed E-state index contributed by atoms with van der Waals surface area (Å²) < 4.78 is 1.39. The highest BCUT2D eigenvalue weighted by atomic mass is 16.2. The van der Waals surface area contributed by atoms with E-state index in [-0.39, 0.29) is 5.91 Å². The van der Waals surface area contributed by atoms with Gasteiger partial charge < -0.3 is 0 Å². The number of hydrogen-bond acceptors (Lipinski definition) is 3. The van der Waals surface area contributed by atoms with Crippen LogP contribution < -0.4 is 0 Å². The summed E-state index contributed by atoms with van der Waals surface area (Å²) in [6.07, 6.45) is 0.349. The fourth-order valence-corrected chi connectivity index (χ4v) is 2.03. The van der Waals surface area contributed by atoms with Crippen LogP contribution in [0.4, 0.5) is 5.82 Å². The second-order valence-electron chi connectivity index (χ2n) is 4.58. The van der Waals surface area contributed by atoms with Gasteiger partial charge in [0.15, 0.2) is 5.82 Å². The van der Waals surface area contributed by atoms with E-state index < -0.39 is 0 Å². The zero-order chi connectivity index (χ0) is 12.7. The van der Waals surface area contributed by atoms with Crippen LogP contribution in [-0.4, -0.2) is 21.4 Å². The van der Waals surface area contributed by atoms with Crippen molar-refractivity contribution in [2.45, 2.75) is 20.3 Å². The van der Waals surface area contributed by atoms with E-state index in [1.54, 1.807) is 0 Å². The average molecular weight is 239 g/mol. The molecule has 0 radical (unpaired) electrons. The third-order valence-corrected chi connectivity index (χ3v) is 2.99. The van der Waals surface area contributed by atoms with Crippen LogP contribution in [0.25, 0.3) is 11.3 Å². The van der Waals surface area contributed by atoms with Crippen LogP contribution in [0.2, 0.25) is 0 Å². The van der Waals surface area contributed by atoms with Crippen molar-refractivity contribution in [2.75, 3.05) is 0 Å². The largest absolute Gasteiger partial charge is 0.272 e. The van der Waals surface area contributed by atoms with E-state index in [1.165, 1.54) is 10.2 Å². The lowest BCUT2D eigenvalue weighted by molar-refractivity contribution is 0.0906. The van der Waals surface area contributed by atoms with E-state index in [0.717, 1.165) is 17.0 Å². The first-order chi connectivity index (χ1) is 8.63. The van der Waals surface area contributed by atoms with Gasteiger partial charge >= 0.3 is 0 Å². The Kier molecular flexibility index (Phi) is 2.37. The lowest BCUT2D eigenvalue weighted by Gasteiger charge is -2.08. The normalized spacial score (nSPS) is 14.3. The second-order valence-corrected chi connectivity index (χ2v) is 4.58. The number of aliphatic imine (C=N–C) groups is 1. The van der Waals surface area contributed by atoms with E-state index in [4.69, 9.17) is 0 Å². The van der Waals surface area contributed by atoms with Crippen molar-refractivity contribution in [3.05, 3.63) is 35.9 Å². The predicted octanol–water partition coefficient (Wildman–Crippen LogP) is 2.99. The number of benzene rings is 1. The maximum Gasteiger partial charge on any atom is 0.254 e. The zero-order valence-electron chi connectivity index (χ0n) is 10.3. The third-order valence-electron chi connectivity index (χ3n) is 2.99. The molecule has 2 heterocycles. The lowest BCUT2D eigenvalue weighted by Crippen LogP contribution is -2.19. The van der Waals surface area contributed by atoms with Gasteiger partial charge in [-0.25, -0.2) is 4.99 Å². The van der Waals surface area contributed by atoms with Gasteiger partial charge in [-0.05, 0) is 13.8 Å². The molecule has 0 atom stereocenters. The molecule has 1 aliphatic rings. The fourth-order valence-electron chi connectivity index (χ4n) is 2.03. The molecule has 0 fully saturated rings. The van der Waals surface area contributed by atoms with E-state index in [0.29, 0.717) is 12.2 Å². The number of hydrogen-bond donors (Lipinski definition) is 0. The number of carbonyl (C=O) groups is 1. The fraction of sp³-hybridized carbons (Fsp3) is 0.214. The Balaban J connectivity index is 2.09. The number of rotatable bonds is 1. The van der Waals surface area contributed by atoms with E-state index in [9.17, 15) is 4.79 Å². The van der Waals surface area contributed by atoms with Crippen molar-refractivity contribution in [3.8, 4) is 11.3 Å². The molecule has 18 heavy (non-hydrogen) atoms. The van der Waals surface area contributed by atoms with Crippen molar-refractivity contribution in [3.63, 3.8) is 0 Å². The molecule has 0 aliphatic carbocycles. The van der Waals surface area contributed by atoms with Crippen LogP contribution in [0.3, 0.4) is 0 Å². The SMILES string of the molecule is CC1=Nc2cc(-c3ccc(C)cc3)nn2C(=O)C1. The Morgan fingerprint density at radius 2 is 1.89 bits per heavy atom. The van der Waals surface area contributed by atoms with Crippen molar-refractivity contribution in [2.24, 2.45) is 4.99 Å². The molecule has 3 rings (SSSR count). The van der Waals surface area contributed by atoms with E-state index in [1.807, 2.05) is 44.2 Å². The molecule has 4 nitrogen and oxygen atoms in total. The van der Waals surface area contributed by atoms with Gasteiger partial charge in [-0.2, -0.15) is 9.78 Å². The van der Waals surface area contributed by atoms with Crippen LogP contribution >= 0.6 is 0 Å². The summed E-state index contributed by atoms with van der Waals surface area (Å²) in [4.78, 5) is 16.2. The molecule has 2 aromatic rings. The van der Waals surface area contributed by atoms with E-state index >= 15 is 0 Å². The van der Waals surface area contributed by atoms with Gasteiger partial charge in [-0.3, -0.25) is 4.79 Å². The number of nitrogens with zero attached hydrogens (tertiary/aromatic N) is 3. The Bertz CT molecular complexity index is 650. The Morgan fingerprint density at radius 3 is 2.61 bits per heavy atom. The molecule has 1 aliphatic heterocycles. The highest BCUT2D eigenvalue weighted by Crippen LogP contribution is 2.26. The summed E-state index contributed by atoms with van der Waals surface area (Å²) >= 11 is 0. The van der Waals surface area contributed by atoms with Crippen LogP contribution in [0.5, 0.6) is 0 Å². The molecule has 0 N–H and O–H groups in total. The smallest absolute Gasteiger partial charge is 0.254 e. The Morgan fingerprint density at radius 1 is 1.17 bits per heavy atom. The maximum atomic E-state index is 11.8. The maximum absolute atomic E-state index is 11.8. The third kappa shape index (κ3) is 1.76. The minimum Gasteiger partial charge on any atom is -0.272 e. The molecule has 1 aromatic heterocycles. The van der Waals surface area contributed by atoms with Gasteiger partial charge in [0.05, 0.1) is 12.1 Å². The zero-order valence-corrected chi connectivity index (χ0v) is 10.3. The summed E-state index contributed by atoms with van der Waals surface area (Å²) in [5.74, 6) is 0.607. The van der Waals surface area contributed by atoms with Crippen molar-refractivity contribution < 1.29 is 4.79 Å². The van der Waals surface area contributed by atoms with Gasteiger partial charge in [-0.15, -0.1) is 0 Å². The standard InChI is InChI=1S/C14H13N3O/c1-9-3-5-11(6-4-9)12-8-13-15-10(2)7-14(18)17(13)16-12/h3-6,8H,7H2,1-2H3. The molecule has 0 unspecified atom stereocenters. The van der Waals surface area contributed by atoms with Crippen molar-refractivity contribution in [1.29, 1.82) is 0 Å². The summed E-state index contributed by atoms with van der Waals surface area (Å²) in [5, 5.41) is 4.33.